The minimum atomic E-state index is -3.05. The molecule has 1 unspecified atom stereocenters. The summed E-state index contributed by atoms with van der Waals surface area (Å²) in [6, 6.07) is 0.168. The van der Waals surface area contributed by atoms with E-state index in [1.807, 2.05) is 13.8 Å². The molecule has 1 aliphatic rings. The molecular formula is C10H22N2O2S. The lowest BCUT2D eigenvalue weighted by Crippen LogP contribution is -2.40. The monoisotopic (exact) mass is 234 g/mol. The molecule has 90 valence electrons. The Kier molecular flexibility index (Phi) is 5.02. The Morgan fingerprint density at radius 1 is 1.40 bits per heavy atom. The predicted octanol–water partition coefficient (Wildman–Crippen LogP) is 0.800. The van der Waals surface area contributed by atoms with E-state index in [9.17, 15) is 8.42 Å². The molecule has 0 bridgehead atoms. The van der Waals surface area contributed by atoms with Gasteiger partial charge in [-0.1, -0.05) is 13.8 Å². The van der Waals surface area contributed by atoms with Gasteiger partial charge in [0.15, 0.2) is 0 Å². The smallest absolute Gasteiger partial charge is 0.215 e. The van der Waals surface area contributed by atoms with Gasteiger partial charge in [0.1, 0.15) is 0 Å². The molecule has 5 heteroatoms. The van der Waals surface area contributed by atoms with Crippen molar-refractivity contribution >= 4 is 10.0 Å². The number of sulfonamides is 1. The average molecular weight is 234 g/mol. The van der Waals surface area contributed by atoms with Crippen LogP contribution in [0.4, 0.5) is 0 Å². The van der Waals surface area contributed by atoms with Crippen molar-refractivity contribution in [2.75, 3.05) is 25.4 Å². The van der Waals surface area contributed by atoms with Crippen LogP contribution in [0.5, 0.6) is 0 Å². The Morgan fingerprint density at radius 2 is 2.13 bits per heavy atom. The lowest BCUT2D eigenvalue weighted by molar-refractivity contribution is 0.422. The summed E-state index contributed by atoms with van der Waals surface area (Å²) >= 11 is 0. The van der Waals surface area contributed by atoms with Crippen molar-refractivity contribution in [3.05, 3.63) is 0 Å². The fraction of sp³-hybridized carbons (Fsp3) is 1.00. The molecule has 4 nitrogen and oxygen atoms in total. The summed E-state index contributed by atoms with van der Waals surface area (Å²) in [5.41, 5.74) is 0. The van der Waals surface area contributed by atoms with Gasteiger partial charge in [0.25, 0.3) is 0 Å². The maximum Gasteiger partial charge on any atom is 0.215 e. The molecule has 1 saturated heterocycles. The number of nitrogens with zero attached hydrogens (tertiary/aromatic N) is 1. The van der Waals surface area contributed by atoms with Gasteiger partial charge in [-0.3, -0.25) is 0 Å². The summed E-state index contributed by atoms with van der Waals surface area (Å²) in [6.07, 6.45) is 2.97. The molecule has 0 aromatic heterocycles. The molecule has 0 aromatic carbocycles. The molecule has 0 radical (unpaired) electrons. The van der Waals surface area contributed by atoms with Gasteiger partial charge in [-0.2, -0.15) is 0 Å². The van der Waals surface area contributed by atoms with Gasteiger partial charge in [-0.25, -0.2) is 12.7 Å². The largest absolute Gasteiger partial charge is 0.313 e. The third kappa shape index (κ3) is 3.74. The van der Waals surface area contributed by atoms with Gasteiger partial charge in [0, 0.05) is 19.1 Å². The molecule has 0 saturated carbocycles. The summed E-state index contributed by atoms with van der Waals surface area (Å²) in [4.78, 5) is 0. The summed E-state index contributed by atoms with van der Waals surface area (Å²) in [5.74, 6) is 0.265. The quantitative estimate of drug-likeness (QED) is 0.739. The second kappa shape index (κ2) is 5.82. The topological polar surface area (TPSA) is 49.4 Å². The van der Waals surface area contributed by atoms with Gasteiger partial charge >= 0.3 is 0 Å². The van der Waals surface area contributed by atoms with E-state index in [0.717, 1.165) is 25.8 Å². The van der Waals surface area contributed by atoms with Crippen molar-refractivity contribution in [2.24, 2.45) is 0 Å². The fourth-order valence-corrected chi connectivity index (χ4v) is 3.86. The van der Waals surface area contributed by atoms with E-state index in [1.54, 1.807) is 4.31 Å². The van der Waals surface area contributed by atoms with Crippen molar-refractivity contribution in [2.45, 2.75) is 39.2 Å². The Bertz CT molecular complexity index is 271. The van der Waals surface area contributed by atoms with Crippen molar-refractivity contribution in [3.63, 3.8) is 0 Å². The van der Waals surface area contributed by atoms with E-state index in [2.05, 4.69) is 5.32 Å². The SMILES string of the molecule is CCCN(CC)S(=O)(=O)CC1CCCN1. The van der Waals surface area contributed by atoms with Crippen LogP contribution in [-0.2, 0) is 10.0 Å². The highest BCUT2D eigenvalue weighted by Gasteiger charge is 2.26. The lowest BCUT2D eigenvalue weighted by atomic mass is 10.3. The lowest BCUT2D eigenvalue weighted by Gasteiger charge is -2.21. The van der Waals surface area contributed by atoms with Crippen LogP contribution in [0.15, 0.2) is 0 Å². The van der Waals surface area contributed by atoms with E-state index >= 15 is 0 Å². The zero-order valence-corrected chi connectivity index (χ0v) is 10.5. The van der Waals surface area contributed by atoms with E-state index < -0.39 is 10.0 Å². The standard InChI is InChI=1S/C10H22N2O2S/c1-3-8-12(4-2)15(13,14)9-10-6-5-7-11-10/h10-11H,3-9H2,1-2H3. The van der Waals surface area contributed by atoms with Crippen LogP contribution in [0, 0.1) is 0 Å². The van der Waals surface area contributed by atoms with Gasteiger partial charge in [-0.15, -0.1) is 0 Å². The normalized spacial score (nSPS) is 22.5. The molecule has 0 amide bonds. The zero-order valence-electron chi connectivity index (χ0n) is 9.70. The predicted molar refractivity (Wildman–Crippen MR) is 62.3 cm³/mol. The van der Waals surface area contributed by atoms with Crippen LogP contribution in [0.25, 0.3) is 0 Å². The highest BCUT2D eigenvalue weighted by Crippen LogP contribution is 2.11. The number of hydrogen-bond acceptors (Lipinski definition) is 3. The Labute approximate surface area is 93.1 Å². The van der Waals surface area contributed by atoms with E-state index in [1.165, 1.54) is 0 Å². The van der Waals surface area contributed by atoms with Gasteiger partial charge in [-0.05, 0) is 25.8 Å². The first-order valence-electron chi connectivity index (χ1n) is 5.81. The van der Waals surface area contributed by atoms with E-state index in [0.29, 0.717) is 13.1 Å². The van der Waals surface area contributed by atoms with Crippen LogP contribution in [0.3, 0.4) is 0 Å². The molecule has 0 aromatic rings. The molecule has 1 heterocycles. The molecule has 1 fully saturated rings. The Balaban J connectivity index is 2.55. The second-order valence-electron chi connectivity index (χ2n) is 4.06. The maximum atomic E-state index is 12.0. The van der Waals surface area contributed by atoms with E-state index in [4.69, 9.17) is 0 Å². The fourth-order valence-electron chi connectivity index (χ4n) is 2.00. The summed E-state index contributed by atoms with van der Waals surface area (Å²) in [7, 11) is -3.05. The van der Waals surface area contributed by atoms with Crippen LogP contribution < -0.4 is 5.32 Å². The minimum absolute atomic E-state index is 0.168. The van der Waals surface area contributed by atoms with Gasteiger partial charge in [0.2, 0.25) is 10.0 Å². The number of nitrogens with one attached hydrogen (secondary N) is 1. The Hall–Kier alpha value is -0.130. The zero-order chi connectivity index (χ0) is 11.3. The first-order valence-corrected chi connectivity index (χ1v) is 7.42. The molecule has 1 aliphatic heterocycles. The summed E-state index contributed by atoms with van der Waals surface area (Å²) in [6.45, 7) is 6.09. The number of rotatable bonds is 6. The molecule has 1 N–H and O–H groups in total. The summed E-state index contributed by atoms with van der Waals surface area (Å²) < 4.78 is 25.6. The maximum absolute atomic E-state index is 12.0. The van der Waals surface area contributed by atoms with Crippen molar-refractivity contribution in [3.8, 4) is 0 Å². The Morgan fingerprint density at radius 3 is 2.60 bits per heavy atom. The summed E-state index contributed by atoms with van der Waals surface area (Å²) in [5, 5.41) is 3.23. The van der Waals surface area contributed by atoms with Crippen LogP contribution >= 0.6 is 0 Å². The van der Waals surface area contributed by atoms with Crippen LogP contribution in [0.2, 0.25) is 0 Å². The highest BCUT2D eigenvalue weighted by molar-refractivity contribution is 7.89. The van der Waals surface area contributed by atoms with Crippen LogP contribution in [0.1, 0.15) is 33.1 Å². The molecule has 0 aliphatic carbocycles. The van der Waals surface area contributed by atoms with Gasteiger partial charge < -0.3 is 5.32 Å². The second-order valence-corrected chi connectivity index (χ2v) is 6.08. The first kappa shape index (κ1) is 12.9. The van der Waals surface area contributed by atoms with Gasteiger partial charge in [0.05, 0.1) is 5.75 Å². The number of hydrogen-bond donors (Lipinski definition) is 1. The first-order chi connectivity index (χ1) is 7.10. The highest BCUT2D eigenvalue weighted by atomic mass is 32.2. The molecule has 1 atom stereocenters. The average Bonchev–Trinajstić information content (AvgIpc) is 2.65. The third-order valence-corrected chi connectivity index (χ3v) is 4.84. The minimum Gasteiger partial charge on any atom is -0.313 e. The molecule has 15 heavy (non-hydrogen) atoms. The molecule has 0 spiro atoms. The molecular weight excluding hydrogens is 212 g/mol. The third-order valence-electron chi connectivity index (χ3n) is 2.79. The van der Waals surface area contributed by atoms with E-state index in [-0.39, 0.29) is 11.8 Å². The van der Waals surface area contributed by atoms with Crippen molar-refractivity contribution in [1.82, 2.24) is 9.62 Å². The molecule has 1 rings (SSSR count). The van der Waals surface area contributed by atoms with Crippen LogP contribution in [-0.4, -0.2) is 44.2 Å². The van der Waals surface area contributed by atoms with Crippen molar-refractivity contribution < 1.29 is 8.42 Å². The van der Waals surface area contributed by atoms with Crippen molar-refractivity contribution in [1.29, 1.82) is 0 Å².